The molecule has 0 spiro atoms. The molecule has 6 aromatic carbocycles. The van der Waals surface area contributed by atoms with Gasteiger partial charge in [-0.2, -0.15) is 0 Å². The van der Waals surface area contributed by atoms with Gasteiger partial charge in [-0.15, -0.1) is 5.10 Å². The zero-order valence-corrected chi connectivity index (χ0v) is 36.9. The Bertz CT molecular complexity index is 2630. The molecule has 0 radical (unpaired) electrons. The summed E-state index contributed by atoms with van der Waals surface area (Å²) in [5.74, 6) is 0.0597. The average Bonchev–Trinajstić information content (AvgIpc) is 3.75. The second kappa shape index (κ2) is 18.1. The molecule has 0 fully saturated rings. The van der Waals surface area contributed by atoms with Gasteiger partial charge in [-0.3, -0.25) is 9.59 Å². The number of para-hydroxylation sites is 1. The van der Waals surface area contributed by atoms with Gasteiger partial charge in [0, 0.05) is 17.8 Å². The van der Waals surface area contributed by atoms with Crippen molar-refractivity contribution in [3.8, 4) is 22.5 Å². The number of fused-ring (bicyclic) bond motifs is 1. The molecule has 11 heteroatoms. The van der Waals surface area contributed by atoms with E-state index in [9.17, 15) is 14.4 Å². The van der Waals surface area contributed by atoms with Crippen LogP contribution in [-0.2, 0) is 32.8 Å². The van der Waals surface area contributed by atoms with Crippen molar-refractivity contribution in [1.29, 1.82) is 0 Å². The van der Waals surface area contributed by atoms with E-state index in [1.165, 1.54) is 0 Å². The smallest absolute Gasteiger partial charge is 0.407 e. The van der Waals surface area contributed by atoms with E-state index in [4.69, 9.17) is 15.0 Å². The van der Waals surface area contributed by atoms with E-state index in [0.29, 0.717) is 25.2 Å². The Morgan fingerprint density at radius 1 is 0.688 bits per heavy atom. The van der Waals surface area contributed by atoms with Crippen LogP contribution in [0, 0.1) is 5.41 Å². The Hall–Kier alpha value is -7.40. The summed E-state index contributed by atoms with van der Waals surface area (Å²) in [4.78, 5) is 42.4. The molecule has 1 aliphatic heterocycles. The molecule has 324 valence electrons. The lowest BCUT2D eigenvalue weighted by Gasteiger charge is -2.36. The SMILES string of the molecule is CC(C)(C)OC(=O)NCC(C)(C)C(=O)N[C@@H]1CCc2ccccc2N(Cc2ccc(-c3ccccc3-c3nnnn3C(c3ccccc3)(c3ccccc3)c3ccccc3)cc2)C1=O. The molecule has 1 aromatic heterocycles. The summed E-state index contributed by atoms with van der Waals surface area (Å²) >= 11 is 0. The van der Waals surface area contributed by atoms with Gasteiger partial charge in [-0.05, 0) is 103 Å². The highest BCUT2D eigenvalue weighted by molar-refractivity contribution is 6.01. The number of amides is 3. The summed E-state index contributed by atoms with van der Waals surface area (Å²) in [6.45, 7) is 9.14. The predicted molar refractivity (Wildman–Crippen MR) is 249 cm³/mol. The first kappa shape index (κ1) is 43.3. The number of anilines is 1. The highest BCUT2D eigenvalue weighted by Crippen LogP contribution is 2.43. The summed E-state index contributed by atoms with van der Waals surface area (Å²) in [5, 5.41) is 19.6. The second-order valence-corrected chi connectivity index (χ2v) is 17.8. The van der Waals surface area contributed by atoms with Crippen LogP contribution in [0.2, 0.25) is 0 Å². The lowest BCUT2D eigenvalue weighted by atomic mass is 9.77. The van der Waals surface area contributed by atoms with Crippen molar-refractivity contribution >= 4 is 23.6 Å². The minimum atomic E-state index is -1.01. The third-order valence-electron chi connectivity index (χ3n) is 11.7. The molecule has 0 saturated carbocycles. The third-order valence-corrected chi connectivity index (χ3v) is 11.7. The number of nitrogens with zero attached hydrogens (tertiary/aromatic N) is 5. The van der Waals surface area contributed by atoms with Gasteiger partial charge in [-0.25, -0.2) is 9.48 Å². The number of nitrogens with one attached hydrogen (secondary N) is 2. The number of aryl methyl sites for hydroxylation is 1. The fourth-order valence-electron chi connectivity index (χ4n) is 8.44. The van der Waals surface area contributed by atoms with Crippen LogP contribution < -0.4 is 15.5 Å². The normalized spacial score (nSPS) is 14.3. The first-order valence-electron chi connectivity index (χ1n) is 21.7. The highest BCUT2D eigenvalue weighted by Gasteiger charge is 2.42. The average molecular weight is 852 g/mol. The minimum absolute atomic E-state index is 0.0386. The molecule has 7 aromatic rings. The number of tetrazole rings is 1. The zero-order chi connectivity index (χ0) is 44.9. The molecular weight excluding hydrogens is 799 g/mol. The van der Waals surface area contributed by atoms with Crippen LogP contribution in [0.1, 0.15) is 68.9 Å². The minimum Gasteiger partial charge on any atom is -0.444 e. The van der Waals surface area contributed by atoms with E-state index in [2.05, 4.69) is 70.4 Å². The molecule has 8 rings (SSSR count). The maximum absolute atomic E-state index is 14.5. The molecule has 64 heavy (non-hydrogen) atoms. The number of carbonyl (C=O) groups is 3. The summed E-state index contributed by atoms with van der Waals surface area (Å²) in [5.41, 5.74) is 5.93. The van der Waals surface area contributed by atoms with Crippen LogP contribution >= 0.6 is 0 Å². The van der Waals surface area contributed by atoms with Crippen LogP contribution in [-0.4, -0.2) is 56.3 Å². The highest BCUT2D eigenvalue weighted by atomic mass is 16.6. The van der Waals surface area contributed by atoms with E-state index in [0.717, 1.165) is 50.2 Å². The molecule has 0 unspecified atom stereocenters. The Balaban J connectivity index is 1.09. The molecule has 0 aliphatic carbocycles. The summed E-state index contributed by atoms with van der Waals surface area (Å²) in [6, 6.07) is 54.4. The first-order chi connectivity index (χ1) is 30.8. The van der Waals surface area contributed by atoms with E-state index in [1.807, 2.05) is 114 Å². The van der Waals surface area contributed by atoms with Gasteiger partial charge >= 0.3 is 6.09 Å². The van der Waals surface area contributed by atoms with Gasteiger partial charge in [0.05, 0.1) is 12.0 Å². The van der Waals surface area contributed by atoms with Crippen molar-refractivity contribution in [3.63, 3.8) is 0 Å². The van der Waals surface area contributed by atoms with E-state index < -0.39 is 28.7 Å². The molecular formula is C53H53N7O4. The lowest BCUT2D eigenvalue weighted by molar-refractivity contribution is -0.133. The van der Waals surface area contributed by atoms with Crippen LogP contribution in [0.3, 0.4) is 0 Å². The summed E-state index contributed by atoms with van der Waals surface area (Å²) in [6.07, 6.45) is 0.435. The molecule has 1 aliphatic rings. The van der Waals surface area contributed by atoms with Crippen LogP contribution in [0.5, 0.6) is 0 Å². The summed E-state index contributed by atoms with van der Waals surface area (Å²) < 4.78 is 7.31. The van der Waals surface area contributed by atoms with E-state index >= 15 is 0 Å². The van der Waals surface area contributed by atoms with Crippen LogP contribution in [0.25, 0.3) is 22.5 Å². The van der Waals surface area contributed by atoms with Crippen molar-refractivity contribution in [2.75, 3.05) is 11.4 Å². The predicted octanol–water partition coefficient (Wildman–Crippen LogP) is 9.36. The number of ether oxygens (including phenoxy) is 1. The second-order valence-electron chi connectivity index (χ2n) is 17.8. The maximum atomic E-state index is 14.5. The quantitative estimate of drug-likeness (QED) is 0.117. The van der Waals surface area contributed by atoms with E-state index in [1.54, 1.807) is 39.5 Å². The third kappa shape index (κ3) is 8.92. The standard InChI is InChI=1S/C53H53N7O4/c1-51(2,3)64-50(63)54-36-52(4,5)49(62)55-45-34-33-39-19-15-18-28-46(39)59(48(45)61)35-37-29-31-38(32-30-37)43-26-16-17-27-44(43)47-56-57-58-60(47)53(40-20-9-6-10-21-40,41-22-11-7-12-23-41)42-24-13-8-14-25-42/h6-32,45H,33-36H2,1-5H3,(H,54,63)(H,55,62)/t45-/m1/s1. The molecule has 0 saturated heterocycles. The lowest BCUT2D eigenvalue weighted by Crippen LogP contribution is -2.53. The number of benzene rings is 6. The van der Waals surface area contributed by atoms with Gasteiger partial charge in [0.25, 0.3) is 0 Å². The largest absolute Gasteiger partial charge is 0.444 e. The van der Waals surface area contributed by atoms with Gasteiger partial charge in [0.2, 0.25) is 11.8 Å². The van der Waals surface area contributed by atoms with Crippen molar-refractivity contribution in [3.05, 3.63) is 192 Å². The fraction of sp³-hybridized carbons (Fsp3) is 0.245. The molecule has 2 N–H and O–H groups in total. The van der Waals surface area contributed by atoms with Crippen molar-refractivity contribution in [2.45, 2.75) is 71.2 Å². The number of hydrogen-bond acceptors (Lipinski definition) is 7. The molecule has 11 nitrogen and oxygen atoms in total. The van der Waals surface area contributed by atoms with E-state index in [-0.39, 0.29) is 18.4 Å². The van der Waals surface area contributed by atoms with Crippen LogP contribution in [0.4, 0.5) is 10.5 Å². The maximum Gasteiger partial charge on any atom is 0.407 e. The van der Waals surface area contributed by atoms with Crippen LogP contribution in [0.15, 0.2) is 164 Å². The van der Waals surface area contributed by atoms with Crippen molar-refractivity contribution in [2.24, 2.45) is 5.41 Å². The Morgan fingerprint density at radius 2 is 1.23 bits per heavy atom. The topological polar surface area (TPSA) is 131 Å². The van der Waals surface area contributed by atoms with Gasteiger partial charge in [0.15, 0.2) is 5.82 Å². The monoisotopic (exact) mass is 851 g/mol. The van der Waals surface area contributed by atoms with Gasteiger partial charge in [-0.1, -0.05) is 158 Å². The Morgan fingerprint density at radius 3 is 1.83 bits per heavy atom. The molecule has 0 bridgehead atoms. The molecule has 2 heterocycles. The van der Waals surface area contributed by atoms with Gasteiger partial charge in [0.1, 0.15) is 17.2 Å². The Labute approximate surface area is 374 Å². The number of carbonyl (C=O) groups excluding carboxylic acids is 3. The number of rotatable bonds is 12. The van der Waals surface area contributed by atoms with Crippen molar-refractivity contribution < 1.29 is 19.1 Å². The van der Waals surface area contributed by atoms with Crippen molar-refractivity contribution in [1.82, 2.24) is 30.8 Å². The number of hydrogen-bond donors (Lipinski definition) is 2. The molecule has 1 atom stereocenters. The first-order valence-corrected chi connectivity index (χ1v) is 21.7. The summed E-state index contributed by atoms with van der Waals surface area (Å²) in [7, 11) is 0. The number of aromatic nitrogens is 4. The zero-order valence-electron chi connectivity index (χ0n) is 36.9. The Kier molecular flexibility index (Phi) is 12.3. The molecule has 3 amide bonds. The fourth-order valence-corrected chi connectivity index (χ4v) is 8.44. The number of alkyl carbamates (subject to hydrolysis) is 1. The van der Waals surface area contributed by atoms with Gasteiger partial charge < -0.3 is 20.3 Å².